The summed E-state index contributed by atoms with van der Waals surface area (Å²) in [7, 11) is 0. The number of ether oxygens (including phenoxy) is 1. The van der Waals surface area contributed by atoms with Crippen molar-refractivity contribution in [2.24, 2.45) is 11.8 Å². The fraction of sp³-hybridized carbons (Fsp3) is 0.970. The highest BCUT2D eigenvalue weighted by Gasteiger charge is 2.17. The number of hydrogen-bond donors (Lipinski definition) is 0. The van der Waals surface area contributed by atoms with Crippen LogP contribution in [-0.2, 0) is 9.53 Å². The van der Waals surface area contributed by atoms with E-state index in [4.69, 9.17) is 4.74 Å². The van der Waals surface area contributed by atoms with Gasteiger partial charge in [-0.3, -0.25) is 4.79 Å². The number of carbonyl (C=O) groups excluding carboxylic acids is 1. The minimum Gasteiger partial charge on any atom is -0.465 e. The Kier molecular flexibility index (Phi) is 27.6. The zero-order valence-corrected chi connectivity index (χ0v) is 24.9. The van der Waals surface area contributed by atoms with Crippen molar-refractivity contribution < 1.29 is 9.53 Å². The molecule has 0 bridgehead atoms. The molecule has 2 heteroatoms. The summed E-state index contributed by atoms with van der Waals surface area (Å²) in [6.07, 6.45) is 33.2. The summed E-state index contributed by atoms with van der Waals surface area (Å²) in [6.45, 7) is 9.55. The van der Waals surface area contributed by atoms with Crippen LogP contribution < -0.4 is 0 Å². The van der Waals surface area contributed by atoms with Crippen LogP contribution in [0.5, 0.6) is 0 Å². The molecule has 0 aromatic rings. The minimum absolute atomic E-state index is 0.0480. The quantitative estimate of drug-likeness (QED) is 0.0798. The SMILES string of the molecule is CCCCCCCCCCCCCCC(CCCCCC)COC(=O)C(C)CCCCCCCC. The third kappa shape index (κ3) is 24.9. The van der Waals surface area contributed by atoms with E-state index in [1.807, 2.05) is 0 Å². The highest BCUT2D eigenvalue weighted by molar-refractivity contribution is 5.71. The van der Waals surface area contributed by atoms with E-state index in [0.717, 1.165) is 6.42 Å². The lowest BCUT2D eigenvalue weighted by Crippen LogP contribution is -2.20. The normalized spacial score (nSPS) is 13.1. The maximum atomic E-state index is 12.5. The summed E-state index contributed by atoms with van der Waals surface area (Å²) in [5.41, 5.74) is 0. The summed E-state index contributed by atoms with van der Waals surface area (Å²) in [5, 5.41) is 0. The molecule has 0 aromatic heterocycles. The second-order valence-corrected chi connectivity index (χ2v) is 11.5. The summed E-state index contributed by atoms with van der Waals surface area (Å²) < 4.78 is 5.84. The predicted octanol–water partition coefficient (Wildman–Crippen LogP) is 11.6. The molecule has 0 spiro atoms. The van der Waals surface area contributed by atoms with Gasteiger partial charge >= 0.3 is 5.97 Å². The van der Waals surface area contributed by atoms with Crippen molar-refractivity contribution in [3.63, 3.8) is 0 Å². The molecule has 210 valence electrons. The molecule has 0 aromatic carbocycles. The van der Waals surface area contributed by atoms with Crippen molar-refractivity contribution in [3.05, 3.63) is 0 Å². The molecule has 0 aliphatic heterocycles. The van der Waals surface area contributed by atoms with Gasteiger partial charge in [0.25, 0.3) is 0 Å². The average Bonchev–Trinajstić information content (AvgIpc) is 2.86. The van der Waals surface area contributed by atoms with Crippen LogP contribution in [0.3, 0.4) is 0 Å². The van der Waals surface area contributed by atoms with E-state index in [2.05, 4.69) is 27.7 Å². The molecule has 0 radical (unpaired) electrons. The van der Waals surface area contributed by atoms with Gasteiger partial charge in [-0.15, -0.1) is 0 Å². The first-order valence-corrected chi connectivity index (χ1v) is 16.3. The smallest absolute Gasteiger partial charge is 0.308 e. The third-order valence-electron chi connectivity index (χ3n) is 7.79. The maximum absolute atomic E-state index is 12.5. The number of esters is 1. The van der Waals surface area contributed by atoms with Crippen molar-refractivity contribution in [2.45, 2.75) is 188 Å². The molecule has 0 saturated heterocycles. The summed E-state index contributed by atoms with van der Waals surface area (Å²) in [5.74, 6) is 0.681. The molecular weight excluding hydrogens is 428 g/mol. The van der Waals surface area contributed by atoms with E-state index in [9.17, 15) is 4.79 Å². The molecule has 0 aliphatic rings. The first kappa shape index (κ1) is 34.5. The predicted molar refractivity (Wildman–Crippen MR) is 156 cm³/mol. The fourth-order valence-corrected chi connectivity index (χ4v) is 5.14. The van der Waals surface area contributed by atoms with Gasteiger partial charge < -0.3 is 4.74 Å². The topological polar surface area (TPSA) is 26.3 Å². The van der Waals surface area contributed by atoms with Crippen LogP contribution in [0.4, 0.5) is 0 Å². The highest BCUT2D eigenvalue weighted by Crippen LogP contribution is 2.21. The van der Waals surface area contributed by atoms with Gasteiger partial charge in [-0.2, -0.15) is 0 Å². The monoisotopic (exact) mass is 495 g/mol. The Bertz CT molecular complexity index is 419. The number of rotatable bonds is 28. The average molecular weight is 495 g/mol. The van der Waals surface area contributed by atoms with Gasteiger partial charge in [0.15, 0.2) is 0 Å². The summed E-state index contributed by atoms with van der Waals surface area (Å²) in [4.78, 5) is 12.5. The van der Waals surface area contributed by atoms with Crippen molar-refractivity contribution in [3.8, 4) is 0 Å². The van der Waals surface area contributed by atoms with E-state index in [-0.39, 0.29) is 11.9 Å². The lowest BCUT2D eigenvalue weighted by atomic mass is 9.94. The molecule has 0 N–H and O–H groups in total. The molecule has 2 unspecified atom stereocenters. The Balaban J connectivity index is 3.97. The molecular formula is C33H66O2. The van der Waals surface area contributed by atoms with Crippen LogP contribution in [0.2, 0.25) is 0 Å². The Morgan fingerprint density at radius 1 is 0.486 bits per heavy atom. The van der Waals surface area contributed by atoms with E-state index >= 15 is 0 Å². The Morgan fingerprint density at radius 2 is 0.800 bits per heavy atom. The highest BCUT2D eigenvalue weighted by atomic mass is 16.5. The number of carbonyl (C=O) groups is 1. The summed E-state index contributed by atoms with van der Waals surface area (Å²) >= 11 is 0. The first-order valence-electron chi connectivity index (χ1n) is 16.3. The minimum atomic E-state index is 0.0480. The van der Waals surface area contributed by atoms with Crippen LogP contribution in [0.15, 0.2) is 0 Å². The second-order valence-electron chi connectivity index (χ2n) is 11.5. The molecule has 0 heterocycles. The third-order valence-corrected chi connectivity index (χ3v) is 7.79. The zero-order valence-electron chi connectivity index (χ0n) is 24.9. The molecule has 0 fully saturated rings. The van der Waals surface area contributed by atoms with Gasteiger partial charge in [0.05, 0.1) is 12.5 Å². The lowest BCUT2D eigenvalue weighted by molar-refractivity contribution is -0.149. The Labute approximate surface area is 222 Å². The van der Waals surface area contributed by atoms with Crippen LogP contribution in [0.1, 0.15) is 188 Å². The standard InChI is InChI=1S/C33H66O2/c1-5-8-11-14-16-17-18-19-20-21-23-26-29-32(28-25-13-10-7-3)30-35-33(34)31(4)27-24-22-15-12-9-6-2/h31-32H,5-30H2,1-4H3. The molecule has 0 rings (SSSR count). The van der Waals surface area contributed by atoms with E-state index in [1.165, 1.54) is 154 Å². The van der Waals surface area contributed by atoms with Gasteiger partial charge in [-0.1, -0.05) is 169 Å². The van der Waals surface area contributed by atoms with E-state index in [1.54, 1.807) is 0 Å². The van der Waals surface area contributed by atoms with Crippen molar-refractivity contribution in [1.29, 1.82) is 0 Å². The van der Waals surface area contributed by atoms with Gasteiger partial charge in [0, 0.05) is 0 Å². The number of hydrogen-bond acceptors (Lipinski definition) is 2. The first-order chi connectivity index (χ1) is 17.2. The molecule has 0 amide bonds. The van der Waals surface area contributed by atoms with Crippen LogP contribution >= 0.6 is 0 Å². The molecule has 2 nitrogen and oxygen atoms in total. The largest absolute Gasteiger partial charge is 0.465 e. The lowest BCUT2D eigenvalue weighted by Gasteiger charge is -2.19. The van der Waals surface area contributed by atoms with Crippen LogP contribution in [-0.4, -0.2) is 12.6 Å². The Morgan fingerprint density at radius 3 is 1.20 bits per heavy atom. The van der Waals surface area contributed by atoms with E-state index < -0.39 is 0 Å². The van der Waals surface area contributed by atoms with E-state index in [0.29, 0.717) is 12.5 Å². The molecule has 0 aliphatic carbocycles. The van der Waals surface area contributed by atoms with Gasteiger partial charge in [0.1, 0.15) is 0 Å². The van der Waals surface area contributed by atoms with Gasteiger partial charge in [-0.25, -0.2) is 0 Å². The van der Waals surface area contributed by atoms with Crippen LogP contribution in [0.25, 0.3) is 0 Å². The zero-order chi connectivity index (χ0) is 25.8. The van der Waals surface area contributed by atoms with Crippen molar-refractivity contribution in [1.82, 2.24) is 0 Å². The van der Waals surface area contributed by atoms with Crippen molar-refractivity contribution in [2.75, 3.05) is 6.61 Å². The van der Waals surface area contributed by atoms with Crippen LogP contribution in [0, 0.1) is 11.8 Å². The van der Waals surface area contributed by atoms with Gasteiger partial charge in [-0.05, 0) is 25.2 Å². The van der Waals surface area contributed by atoms with Gasteiger partial charge in [0.2, 0.25) is 0 Å². The molecule has 2 atom stereocenters. The Hall–Kier alpha value is -0.530. The molecule has 35 heavy (non-hydrogen) atoms. The fourth-order valence-electron chi connectivity index (χ4n) is 5.14. The maximum Gasteiger partial charge on any atom is 0.308 e. The second kappa shape index (κ2) is 28.0. The van der Waals surface area contributed by atoms with Crippen molar-refractivity contribution >= 4 is 5.97 Å². The number of unbranched alkanes of at least 4 members (excludes halogenated alkanes) is 19. The molecule has 0 saturated carbocycles. The summed E-state index contributed by atoms with van der Waals surface area (Å²) in [6, 6.07) is 0.